The molecule has 100 valence electrons. The molecule has 1 aliphatic carbocycles. The Hall–Kier alpha value is -1.42. The molecule has 4 rings (SSSR count). The third-order valence-electron chi connectivity index (χ3n) is 3.83. The second-order valence-corrected chi connectivity index (χ2v) is 5.79. The number of benzene rings is 2. The molecule has 1 heterocycles. The Balaban J connectivity index is 2.09. The summed E-state index contributed by atoms with van der Waals surface area (Å²) in [4.78, 5) is 0. The van der Waals surface area contributed by atoms with Crippen LogP contribution in [0, 0.1) is 0 Å². The molecule has 0 unspecified atom stereocenters. The van der Waals surface area contributed by atoms with E-state index in [2.05, 4.69) is 46.3 Å². The number of hydrogen-bond acceptors (Lipinski definition) is 2. The van der Waals surface area contributed by atoms with Crippen molar-refractivity contribution in [2.45, 2.75) is 5.79 Å². The molecule has 1 spiro atoms. The summed E-state index contributed by atoms with van der Waals surface area (Å²) in [5, 5.41) is 0. The van der Waals surface area contributed by atoms with Gasteiger partial charge in [0.15, 0.2) is 0 Å². The van der Waals surface area contributed by atoms with Crippen molar-refractivity contribution in [1.82, 2.24) is 0 Å². The Labute approximate surface area is 126 Å². The van der Waals surface area contributed by atoms with Gasteiger partial charge in [0, 0.05) is 15.6 Å². The van der Waals surface area contributed by atoms with Gasteiger partial charge in [-0.05, 0) is 17.2 Å². The van der Waals surface area contributed by atoms with Crippen molar-refractivity contribution in [1.29, 1.82) is 0 Å². The van der Waals surface area contributed by atoms with Gasteiger partial charge in [0.25, 0.3) is 0 Å². The molecule has 0 N–H and O–H groups in total. The summed E-state index contributed by atoms with van der Waals surface area (Å²) in [6.45, 7) is 1.22. The van der Waals surface area contributed by atoms with Crippen molar-refractivity contribution < 1.29 is 9.47 Å². The molecule has 0 aromatic heterocycles. The van der Waals surface area contributed by atoms with Crippen molar-refractivity contribution >= 4 is 26.5 Å². The van der Waals surface area contributed by atoms with Crippen molar-refractivity contribution in [3.05, 3.63) is 70.8 Å². The molecule has 0 bridgehead atoms. The van der Waals surface area contributed by atoms with Gasteiger partial charge in [-0.15, -0.1) is 0 Å². The quantitative estimate of drug-likeness (QED) is 0.723. The fourth-order valence-corrected chi connectivity index (χ4v) is 3.58. The van der Waals surface area contributed by atoms with E-state index in [4.69, 9.17) is 9.47 Å². The van der Waals surface area contributed by atoms with Crippen LogP contribution >= 0.6 is 15.9 Å². The van der Waals surface area contributed by atoms with Crippen LogP contribution in [0.4, 0.5) is 0 Å². The van der Waals surface area contributed by atoms with Crippen LogP contribution in [-0.2, 0) is 15.3 Å². The van der Waals surface area contributed by atoms with Gasteiger partial charge in [0.1, 0.15) is 0 Å². The summed E-state index contributed by atoms with van der Waals surface area (Å²) in [5.41, 5.74) is 4.37. The smallest absolute Gasteiger partial charge is 0.223 e. The zero-order valence-corrected chi connectivity index (χ0v) is 12.4. The van der Waals surface area contributed by atoms with Gasteiger partial charge in [-0.3, -0.25) is 0 Å². The summed E-state index contributed by atoms with van der Waals surface area (Å²) in [6, 6.07) is 16.5. The Bertz CT molecular complexity index is 700. The summed E-state index contributed by atoms with van der Waals surface area (Å²) in [5.74, 6) is -0.779. The highest BCUT2D eigenvalue weighted by Crippen LogP contribution is 2.46. The van der Waals surface area contributed by atoms with E-state index in [0.717, 1.165) is 26.7 Å². The molecule has 2 aliphatic rings. The van der Waals surface area contributed by atoms with Gasteiger partial charge >= 0.3 is 0 Å². The summed E-state index contributed by atoms with van der Waals surface area (Å²) in [6.07, 6.45) is 2.13. The van der Waals surface area contributed by atoms with Crippen LogP contribution in [0.1, 0.15) is 22.3 Å². The summed E-state index contributed by atoms with van der Waals surface area (Å²) >= 11 is 3.69. The van der Waals surface area contributed by atoms with Crippen molar-refractivity contribution in [2.75, 3.05) is 13.2 Å². The number of fused-ring (bicyclic) bond motifs is 4. The van der Waals surface area contributed by atoms with E-state index in [9.17, 15) is 0 Å². The molecule has 3 heteroatoms. The maximum Gasteiger partial charge on any atom is 0.223 e. The SMILES string of the molecule is BrC1=Cc2ccccc2C2(OCCO2)c2ccccc21. The molecular weight excluding hydrogens is 316 g/mol. The van der Waals surface area contributed by atoms with Crippen LogP contribution in [0.15, 0.2) is 48.5 Å². The van der Waals surface area contributed by atoms with Gasteiger partial charge in [-0.25, -0.2) is 0 Å². The Morgan fingerprint density at radius 1 is 0.850 bits per heavy atom. The number of rotatable bonds is 0. The second-order valence-electron chi connectivity index (χ2n) is 4.94. The lowest BCUT2D eigenvalue weighted by Crippen LogP contribution is -2.30. The Morgan fingerprint density at radius 3 is 2.30 bits per heavy atom. The zero-order chi connectivity index (χ0) is 13.6. The first-order chi connectivity index (χ1) is 9.81. The van der Waals surface area contributed by atoms with Gasteiger partial charge in [0.2, 0.25) is 5.79 Å². The topological polar surface area (TPSA) is 18.5 Å². The monoisotopic (exact) mass is 328 g/mol. The van der Waals surface area contributed by atoms with E-state index in [1.54, 1.807) is 0 Å². The maximum atomic E-state index is 6.09. The third kappa shape index (κ3) is 1.64. The van der Waals surface area contributed by atoms with Crippen molar-refractivity contribution in [3.63, 3.8) is 0 Å². The number of ether oxygens (including phenoxy) is 2. The van der Waals surface area contributed by atoms with Crippen LogP contribution in [0.2, 0.25) is 0 Å². The minimum absolute atomic E-state index is 0.611. The normalized spacial score (nSPS) is 19.1. The predicted molar refractivity (Wildman–Crippen MR) is 82.4 cm³/mol. The van der Waals surface area contributed by atoms with Crippen LogP contribution in [0.3, 0.4) is 0 Å². The van der Waals surface area contributed by atoms with E-state index in [0.29, 0.717) is 13.2 Å². The molecule has 2 aromatic carbocycles. The highest BCUT2D eigenvalue weighted by Gasteiger charge is 2.44. The highest BCUT2D eigenvalue weighted by atomic mass is 79.9. The van der Waals surface area contributed by atoms with Crippen LogP contribution in [0.25, 0.3) is 10.6 Å². The number of halogens is 1. The minimum atomic E-state index is -0.779. The first kappa shape index (κ1) is 12.3. The van der Waals surface area contributed by atoms with Gasteiger partial charge in [-0.2, -0.15) is 0 Å². The molecule has 0 saturated carbocycles. The minimum Gasteiger partial charge on any atom is -0.340 e. The standard InChI is InChI=1S/C17H13BrO2/c18-16-11-12-5-1-3-7-14(12)17(19-9-10-20-17)15-8-4-2-6-13(15)16/h1-8,11H,9-10H2. The largest absolute Gasteiger partial charge is 0.340 e. The van der Waals surface area contributed by atoms with Gasteiger partial charge in [-0.1, -0.05) is 64.5 Å². The third-order valence-corrected chi connectivity index (χ3v) is 4.49. The van der Waals surface area contributed by atoms with E-state index in [1.807, 2.05) is 24.3 Å². The number of hydrogen-bond donors (Lipinski definition) is 0. The molecular formula is C17H13BrO2. The molecule has 1 saturated heterocycles. The van der Waals surface area contributed by atoms with E-state index >= 15 is 0 Å². The van der Waals surface area contributed by atoms with Crippen LogP contribution < -0.4 is 0 Å². The van der Waals surface area contributed by atoms with Crippen molar-refractivity contribution in [3.8, 4) is 0 Å². The Morgan fingerprint density at radius 2 is 1.50 bits per heavy atom. The van der Waals surface area contributed by atoms with E-state index < -0.39 is 5.79 Å². The lowest BCUT2D eigenvalue weighted by atomic mass is 9.93. The average molecular weight is 329 g/mol. The molecule has 0 radical (unpaired) electrons. The first-order valence-corrected chi connectivity index (χ1v) is 7.45. The molecule has 20 heavy (non-hydrogen) atoms. The lowest BCUT2D eigenvalue weighted by molar-refractivity contribution is -0.130. The highest BCUT2D eigenvalue weighted by molar-refractivity contribution is 9.15. The lowest BCUT2D eigenvalue weighted by Gasteiger charge is -2.30. The fourth-order valence-electron chi connectivity index (χ4n) is 2.98. The molecule has 2 nitrogen and oxygen atoms in total. The molecule has 1 aliphatic heterocycles. The van der Waals surface area contributed by atoms with E-state index in [-0.39, 0.29) is 0 Å². The summed E-state index contributed by atoms with van der Waals surface area (Å²) < 4.78 is 13.2. The molecule has 0 amide bonds. The van der Waals surface area contributed by atoms with Crippen LogP contribution in [0.5, 0.6) is 0 Å². The molecule has 1 fully saturated rings. The Kier molecular flexibility index (Phi) is 2.81. The summed E-state index contributed by atoms with van der Waals surface area (Å²) in [7, 11) is 0. The van der Waals surface area contributed by atoms with Gasteiger partial charge < -0.3 is 9.47 Å². The molecule has 0 atom stereocenters. The van der Waals surface area contributed by atoms with Gasteiger partial charge in [0.05, 0.1) is 13.2 Å². The van der Waals surface area contributed by atoms with Crippen molar-refractivity contribution in [2.24, 2.45) is 0 Å². The maximum absolute atomic E-state index is 6.09. The fraction of sp³-hybridized carbons (Fsp3) is 0.176. The zero-order valence-electron chi connectivity index (χ0n) is 10.8. The van der Waals surface area contributed by atoms with Crippen LogP contribution in [-0.4, -0.2) is 13.2 Å². The first-order valence-electron chi connectivity index (χ1n) is 6.66. The molecule has 2 aromatic rings. The predicted octanol–water partition coefficient (Wildman–Crippen LogP) is 4.14. The van der Waals surface area contributed by atoms with E-state index in [1.165, 1.54) is 0 Å². The average Bonchev–Trinajstić information content (AvgIpc) is 2.94. The second kappa shape index (κ2) is 4.55.